The summed E-state index contributed by atoms with van der Waals surface area (Å²) >= 11 is 0. The molecular weight excluding hydrogens is 250 g/mol. The Kier molecular flexibility index (Phi) is 4.23. The molecule has 0 radical (unpaired) electrons. The predicted octanol–water partition coefficient (Wildman–Crippen LogP) is 3.62. The van der Waals surface area contributed by atoms with Crippen molar-refractivity contribution in [1.82, 2.24) is 0 Å². The van der Waals surface area contributed by atoms with Crippen LogP contribution in [0.15, 0.2) is 48.5 Å². The molecule has 0 bridgehead atoms. The Bertz CT molecular complexity index is 568. The number of rotatable bonds is 5. The average molecular weight is 262 g/mol. The number of halogens is 2. The first kappa shape index (κ1) is 13.2. The molecule has 0 aliphatic rings. The lowest BCUT2D eigenvalue weighted by Gasteiger charge is -2.06. The van der Waals surface area contributed by atoms with Crippen LogP contribution in [-0.2, 0) is 0 Å². The number of hydrogen-bond donors (Lipinski definition) is 0. The summed E-state index contributed by atoms with van der Waals surface area (Å²) in [5.74, 6) is -1.97. The van der Waals surface area contributed by atoms with Crippen LogP contribution >= 0.6 is 0 Å². The molecule has 0 N–H and O–H groups in total. The van der Waals surface area contributed by atoms with Gasteiger partial charge in [0.2, 0.25) is 0 Å². The average Bonchev–Trinajstić information content (AvgIpc) is 2.43. The zero-order valence-electron chi connectivity index (χ0n) is 10.1. The van der Waals surface area contributed by atoms with Crippen LogP contribution < -0.4 is 4.74 Å². The first-order valence-corrected chi connectivity index (χ1v) is 5.83. The lowest BCUT2D eigenvalue weighted by Crippen LogP contribution is -2.09. The van der Waals surface area contributed by atoms with Crippen molar-refractivity contribution in [2.75, 3.05) is 6.61 Å². The van der Waals surface area contributed by atoms with Gasteiger partial charge in [-0.15, -0.1) is 0 Å². The maximum Gasteiger partial charge on any atom is 0.169 e. The van der Waals surface area contributed by atoms with Crippen LogP contribution in [0.2, 0.25) is 0 Å². The summed E-state index contributed by atoms with van der Waals surface area (Å²) in [6.45, 7) is 0.124. The van der Waals surface area contributed by atoms with E-state index < -0.39 is 17.4 Å². The van der Waals surface area contributed by atoms with Gasteiger partial charge < -0.3 is 4.74 Å². The van der Waals surface area contributed by atoms with Crippen molar-refractivity contribution in [3.05, 3.63) is 65.7 Å². The normalized spacial score (nSPS) is 10.2. The SMILES string of the molecule is O=C(CCOc1ccccc1)c1cccc(F)c1F. The van der Waals surface area contributed by atoms with E-state index in [9.17, 15) is 13.6 Å². The fraction of sp³-hybridized carbons (Fsp3) is 0.133. The molecule has 0 unspecified atom stereocenters. The van der Waals surface area contributed by atoms with E-state index >= 15 is 0 Å². The molecule has 2 aromatic carbocycles. The monoisotopic (exact) mass is 262 g/mol. The molecule has 98 valence electrons. The smallest absolute Gasteiger partial charge is 0.169 e. The highest BCUT2D eigenvalue weighted by molar-refractivity contribution is 5.96. The van der Waals surface area contributed by atoms with Gasteiger partial charge in [-0.2, -0.15) is 0 Å². The molecule has 0 spiro atoms. The van der Waals surface area contributed by atoms with Crippen LogP contribution in [0, 0.1) is 11.6 Å². The zero-order chi connectivity index (χ0) is 13.7. The number of carbonyl (C=O) groups excluding carboxylic acids is 1. The van der Waals surface area contributed by atoms with E-state index in [0.29, 0.717) is 5.75 Å². The fourth-order valence-corrected chi connectivity index (χ4v) is 1.63. The molecule has 19 heavy (non-hydrogen) atoms. The van der Waals surface area contributed by atoms with Gasteiger partial charge in [-0.05, 0) is 24.3 Å². The Morgan fingerprint density at radius 1 is 1.00 bits per heavy atom. The maximum atomic E-state index is 13.4. The van der Waals surface area contributed by atoms with Crippen LogP contribution in [0.5, 0.6) is 5.75 Å². The van der Waals surface area contributed by atoms with Crippen LogP contribution in [-0.4, -0.2) is 12.4 Å². The molecule has 0 heterocycles. The third kappa shape index (κ3) is 3.37. The van der Waals surface area contributed by atoms with Crippen LogP contribution in [0.4, 0.5) is 8.78 Å². The predicted molar refractivity (Wildman–Crippen MR) is 67.2 cm³/mol. The molecule has 0 fully saturated rings. The van der Waals surface area contributed by atoms with Gasteiger partial charge >= 0.3 is 0 Å². The quantitative estimate of drug-likeness (QED) is 0.769. The van der Waals surface area contributed by atoms with Gasteiger partial charge in [0, 0.05) is 6.42 Å². The Labute approximate surface area is 109 Å². The largest absolute Gasteiger partial charge is 0.493 e. The number of ketones is 1. The Hall–Kier alpha value is -2.23. The molecule has 0 amide bonds. The van der Waals surface area contributed by atoms with Crippen molar-refractivity contribution in [3.8, 4) is 5.75 Å². The van der Waals surface area contributed by atoms with Gasteiger partial charge in [-0.25, -0.2) is 8.78 Å². The summed E-state index contributed by atoms with van der Waals surface area (Å²) in [6, 6.07) is 12.5. The minimum absolute atomic E-state index is 0.00469. The van der Waals surface area contributed by atoms with E-state index in [0.717, 1.165) is 6.07 Å². The highest BCUT2D eigenvalue weighted by Crippen LogP contribution is 2.14. The van der Waals surface area contributed by atoms with Gasteiger partial charge in [-0.3, -0.25) is 4.79 Å². The van der Waals surface area contributed by atoms with Gasteiger partial charge in [0.15, 0.2) is 17.4 Å². The van der Waals surface area contributed by atoms with E-state index in [1.54, 1.807) is 12.1 Å². The highest BCUT2D eigenvalue weighted by Gasteiger charge is 2.14. The summed E-state index contributed by atoms with van der Waals surface area (Å²) < 4.78 is 31.7. The number of benzene rings is 2. The third-order valence-corrected chi connectivity index (χ3v) is 2.59. The highest BCUT2D eigenvalue weighted by atomic mass is 19.2. The van der Waals surface area contributed by atoms with Crippen molar-refractivity contribution in [1.29, 1.82) is 0 Å². The standard InChI is InChI=1S/C15H12F2O2/c16-13-8-4-7-12(15(13)17)14(18)9-10-19-11-5-2-1-3-6-11/h1-8H,9-10H2. The van der Waals surface area contributed by atoms with E-state index in [-0.39, 0.29) is 18.6 Å². The molecule has 2 nitrogen and oxygen atoms in total. The van der Waals surface area contributed by atoms with Gasteiger partial charge in [-0.1, -0.05) is 24.3 Å². The van der Waals surface area contributed by atoms with Crippen LogP contribution in [0.3, 0.4) is 0 Å². The second-order valence-electron chi connectivity index (χ2n) is 3.94. The minimum atomic E-state index is -1.10. The van der Waals surface area contributed by atoms with Gasteiger partial charge in [0.05, 0.1) is 12.2 Å². The van der Waals surface area contributed by atoms with Gasteiger partial charge in [0.25, 0.3) is 0 Å². The van der Waals surface area contributed by atoms with Gasteiger partial charge in [0.1, 0.15) is 5.75 Å². The second-order valence-corrected chi connectivity index (χ2v) is 3.94. The molecule has 2 rings (SSSR count). The Balaban J connectivity index is 1.93. The number of Topliss-reactive ketones (excluding diaryl/α,β-unsaturated/α-hetero) is 1. The zero-order valence-corrected chi connectivity index (χ0v) is 10.1. The maximum absolute atomic E-state index is 13.4. The summed E-state index contributed by atoms with van der Waals surface area (Å²) in [4.78, 5) is 11.7. The molecule has 2 aromatic rings. The van der Waals surface area contributed by atoms with Crippen LogP contribution in [0.25, 0.3) is 0 Å². The first-order chi connectivity index (χ1) is 9.18. The topological polar surface area (TPSA) is 26.3 Å². The third-order valence-electron chi connectivity index (χ3n) is 2.59. The molecular formula is C15H12F2O2. The minimum Gasteiger partial charge on any atom is -0.493 e. The lowest BCUT2D eigenvalue weighted by molar-refractivity contribution is 0.0957. The number of hydrogen-bond acceptors (Lipinski definition) is 2. The van der Waals surface area contributed by atoms with E-state index in [2.05, 4.69) is 0 Å². The number of ether oxygens (including phenoxy) is 1. The lowest BCUT2D eigenvalue weighted by atomic mass is 10.1. The summed E-state index contributed by atoms with van der Waals surface area (Å²) in [5.41, 5.74) is -0.239. The summed E-state index contributed by atoms with van der Waals surface area (Å²) in [5, 5.41) is 0. The van der Waals surface area contributed by atoms with Crippen molar-refractivity contribution < 1.29 is 18.3 Å². The summed E-state index contributed by atoms with van der Waals surface area (Å²) in [6.07, 6.45) is -0.00469. The first-order valence-electron chi connectivity index (χ1n) is 5.83. The number of para-hydroxylation sites is 1. The second kappa shape index (κ2) is 6.09. The van der Waals surface area contributed by atoms with Crippen LogP contribution in [0.1, 0.15) is 16.8 Å². The van der Waals surface area contributed by atoms with E-state index in [1.807, 2.05) is 18.2 Å². The molecule has 0 atom stereocenters. The Morgan fingerprint density at radius 3 is 2.47 bits per heavy atom. The molecule has 0 saturated heterocycles. The molecule has 0 aromatic heterocycles. The molecule has 0 aliphatic heterocycles. The van der Waals surface area contributed by atoms with Crippen molar-refractivity contribution in [2.45, 2.75) is 6.42 Å². The molecule has 4 heteroatoms. The van der Waals surface area contributed by atoms with E-state index in [1.165, 1.54) is 12.1 Å². The fourth-order valence-electron chi connectivity index (χ4n) is 1.63. The van der Waals surface area contributed by atoms with Crippen molar-refractivity contribution >= 4 is 5.78 Å². The number of carbonyl (C=O) groups is 1. The van der Waals surface area contributed by atoms with Crippen molar-refractivity contribution in [3.63, 3.8) is 0 Å². The van der Waals surface area contributed by atoms with Crippen molar-refractivity contribution in [2.24, 2.45) is 0 Å². The molecule has 0 aliphatic carbocycles. The Morgan fingerprint density at radius 2 is 1.74 bits per heavy atom. The summed E-state index contributed by atoms with van der Waals surface area (Å²) in [7, 11) is 0. The molecule has 0 saturated carbocycles. The van der Waals surface area contributed by atoms with E-state index in [4.69, 9.17) is 4.74 Å².